The van der Waals surface area contributed by atoms with Gasteiger partial charge in [-0.05, 0) is 55.6 Å². The van der Waals surface area contributed by atoms with E-state index in [-0.39, 0.29) is 0 Å². The molecule has 1 saturated carbocycles. The first kappa shape index (κ1) is 14.5. The minimum atomic E-state index is 0.479. The third kappa shape index (κ3) is 3.25. The van der Waals surface area contributed by atoms with Gasteiger partial charge in [0.25, 0.3) is 0 Å². The number of nitrogens with one attached hydrogen (secondary N) is 1. The standard InChI is InChI=1S/C17H21ClN2O/c1-19-17(12-3-4-12)13-7-8-20(10-13)11-14-9-15(18)5-6-16(14)21-2/h5-10,12,17,19H,3-4,11H2,1-2H3. The lowest BCUT2D eigenvalue weighted by atomic mass is 10.1. The van der Waals surface area contributed by atoms with Crippen LogP contribution in [0.15, 0.2) is 36.7 Å². The van der Waals surface area contributed by atoms with E-state index in [1.54, 1.807) is 7.11 Å². The number of nitrogens with zero attached hydrogens (tertiary/aromatic N) is 1. The van der Waals surface area contributed by atoms with Crippen molar-refractivity contribution in [2.24, 2.45) is 5.92 Å². The van der Waals surface area contributed by atoms with Crippen molar-refractivity contribution >= 4 is 11.6 Å². The Morgan fingerprint density at radius 2 is 2.19 bits per heavy atom. The highest BCUT2D eigenvalue weighted by Crippen LogP contribution is 2.40. The molecule has 1 heterocycles. The fourth-order valence-electron chi connectivity index (χ4n) is 2.91. The van der Waals surface area contributed by atoms with Gasteiger partial charge in [0.2, 0.25) is 0 Å². The highest BCUT2D eigenvalue weighted by atomic mass is 35.5. The second-order valence-electron chi connectivity index (χ2n) is 5.68. The molecular weight excluding hydrogens is 284 g/mol. The average Bonchev–Trinajstić information content (AvgIpc) is 3.20. The molecular formula is C17H21ClN2O. The molecule has 0 radical (unpaired) electrons. The van der Waals surface area contributed by atoms with Crippen LogP contribution in [0.2, 0.25) is 5.02 Å². The van der Waals surface area contributed by atoms with Crippen molar-refractivity contribution < 1.29 is 4.74 Å². The highest BCUT2D eigenvalue weighted by Gasteiger charge is 2.31. The largest absolute Gasteiger partial charge is 0.496 e. The first-order chi connectivity index (χ1) is 10.2. The van der Waals surface area contributed by atoms with E-state index >= 15 is 0 Å². The van der Waals surface area contributed by atoms with Crippen LogP contribution in [0.4, 0.5) is 0 Å². The summed E-state index contributed by atoms with van der Waals surface area (Å²) < 4.78 is 7.60. The van der Waals surface area contributed by atoms with Crippen LogP contribution in [-0.2, 0) is 6.54 Å². The zero-order valence-electron chi connectivity index (χ0n) is 12.5. The summed E-state index contributed by atoms with van der Waals surface area (Å²) in [5.74, 6) is 1.67. The van der Waals surface area contributed by atoms with Crippen LogP contribution in [0.1, 0.15) is 30.0 Å². The van der Waals surface area contributed by atoms with Crippen LogP contribution in [-0.4, -0.2) is 18.7 Å². The number of aromatic nitrogens is 1. The van der Waals surface area contributed by atoms with Gasteiger partial charge < -0.3 is 14.6 Å². The molecule has 3 nitrogen and oxygen atoms in total. The fraction of sp³-hybridized carbons (Fsp3) is 0.412. The van der Waals surface area contributed by atoms with Crippen molar-refractivity contribution in [3.63, 3.8) is 0 Å². The Labute approximate surface area is 130 Å². The van der Waals surface area contributed by atoms with Crippen LogP contribution < -0.4 is 10.1 Å². The Morgan fingerprint density at radius 1 is 1.38 bits per heavy atom. The van der Waals surface area contributed by atoms with Gasteiger partial charge in [-0.2, -0.15) is 0 Å². The topological polar surface area (TPSA) is 26.2 Å². The summed E-state index contributed by atoms with van der Waals surface area (Å²) in [4.78, 5) is 0. The molecule has 0 aliphatic heterocycles. The van der Waals surface area contributed by atoms with Crippen molar-refractivity contribution in [1.29, 1.82) is 0 Å². The third-order valence-corrected chi connectivity index (χ3v) is 4.37. The summed E-state index contributed by atoms with van der Waals surface area (Å²) in [6.45, 7) is 0.769. The SMILES string of the molecule is CNC(c1ccn(Cc2cc(Cl)ccc2OC)c1)C1CC1. The molecule has 21 heavy (non-hydrogen) atoms. The summed E-state index contributed by atoms with van der Waals surface area (Å²) in [7, 11) is 3.73. The van der Waals surface area contributed by atoms with Crippen molar-refractivity contribution in [2.75, 3.05) is 14.2 Å². The zero-order valence-corrected chi connectivity index (χ0v) is 13.2. The number of benzene rings is 1. The van der Waals surface area contributed by atoms with Crippen molar-refractivity contribution in [3.8, 4) is 5.75 Å². The molecule has 1 fully saturated rings. The monoisotopic (exact) mass is 304 g/mol. The van der Waals surface area contributed by atoms with Crippen molar-refractivity contribution in [2.45, 2.75) is 25.4 Å². The fourth-order valence-corrected chi connectivity index (χ4v) is 3.11. The van der Waals surface area contributed by atoms with E-state index in [2.05, 4.69) is 28.3 Å². The Balaban J connectivity index is 1.79. The van der Waals surface area contributed by atoms with E-state index in [0.717, 1.165) is 28.8 Å². The maximum Gasteiger partial charge on any atom is 0.123 e. The quantitative estimate of drug-likeness (QED) is 0.877. The van der Waals surface area contributed by atoms with Crippen LogP contribution in [0.25, 0.3) is 0 Å². The molecule has 4 heteroatoms. The Kier molecular flexibility index (Phi) is 4.22. The molecule has 1 aromatic heterocycles. The Morgan fingerprint density at radius 3 is 2.86 bits per heavy atom. The molecule has 0 bridgehead atoms. The minimum absolute atomic E-state index is 0.479. The van der Waals surface area contributed by atoms with Gasteiger partial charge in [-0.3, -0.25) is 0 Å². The number of hydrogen-bond donors (Lipinski definition) is 1. The molecule has 2 aromatic rings. The molecule has 1 aromatic carbocycles. The van der Waals surface area contributed by atoms with Gasteiger partial charge in [0.15, 0.2) is 0 Å². The summed E-state index contributed by atoms with van der Waals surface area (Å²) in [6, 6.07) is 8.43. The average molecular weight is 305 g/mol. The van der Waals surface area contributed by atoms with Gasteiger partial charge in [0, 0.05) is 29.0 Å². The molecule has 1 aliphatic rings. The predicted octanol–water partition coefficient (Wildman–Crippen LogP) is 3.87. The molecule has 1 atom stereocenters. The summed E-state index contributed by atoms with van der Waals surface area (Å²) >= 11 is 6.09. The first-order valence-electron chi connectivity index (χ1n) is 7.36. The lowest BCUT2D eigenvalue weighted by molar-refractivity contribution is 0.408. The van der Waals surface area contributed by atoms with Crippen molar-refractivity contribution in [1.82, 2.24) is 9.88 Å². The molecule has 1 unspecified atom stereocenters. The number of hydrogen-bond acceptors (Lipinski definition) is 2. The highest BCUT2D eigenvalue weighted by molar-refractivity contribution is 6.30. The van der Waals surface area contributed by atoms with Gasteiger partial charge in [0.05, 0.1) is 13.7 Å². The van der Waals surface area contributed by atoms with E-state index in [1.165, 1.54) is 18.4 Å². The lowest BCUT2D eigenvalue weighted by Gasteiger charge is -2.13. The molecule has 0 spiro atoms. The molecule has 112 valence electrons. The molecule has 0 amide bonds. The smallest absolute Gasteiger partial charge is 0.123 e. The van der Waals surface area contributed by atoms with E-state index in [1.807, 2.05) is 25.2 Å². The second-order valence-corrected chi connectivity index (χ2v) is 6.11. The van der Waals surface area contributed by atoms with E-state index < -0.39 is 0 Å². The zero-order chi connectivity index (χ0) is 14.8. The summed E-state index contributed by atoms with van der Waals surface area (Å²) in [6.07, 6.45) is 7.01. The van der Waals surface area contributed by atoms with E-state index in [0.29, 0.717) is 6.04 Å². The van der Waals surface area contributed by atoms with E-state index in [4.69, 9.17) is 16.3 Å². The molecule has 3 rings (SSSR count). The Bertz CT molecular complexity index is 619. The number of ether oxygens (including phenoxy) is 1. The maximum absolute atomic E-state index is 6.09. The molecule has 1 N–H and O–H groups in total. The van der Waals surface area contributed by atoms with Gasteiger partial charge in [-0.15, -0.1) is 0 Å². The van der Waals surface area contributed by atoms with Gasteiger partial charge >= 0.3 is 0 Å². The van der Waals surface area contributed by atoms with Gasteiger partial charge in [0.1, 0.15) is 5.75 Å². The van der Waals surface area contributed by atoms with Crippen LogP contribution in [0.5, 0.6) is 5.75 Å². The Hall–Kier alpha value is -1.45. The lowest BCUT2D eigenvalue weighted by Crippen LogP contribution is -2.17. The maximum atomic E-state index is 6.09. The molecule has 0 saturated heterocycles. The third-order valence-electron chi connectivity index (χ3n) is 4.13. The van der Waals surface area contributed by atoms with Crippen LogP contribution >= 0.6 is 11.6 Å². The predicted molar refractivity (Wildman–Crippen MR) is 86.1 cm³/mol. The first-order valence-corrected chi connectivity index (χ1v) is 7.74. The number of methoxy groups -OCH3 is 1. The van der Waals surface area contributed by atoms with E-state index in [9.17, 15) is 0 Å². The van der Waals surface area contributed by atoms with Crippen LogP contribution in [0, 0.1) is 5.92 Å². The summed E-state index contributed by atoms with van der Waals surface area (Å²) in [5.41, 5.74) is 2.46. The van der Waals surface area contributed by atoms with Gasteiger partial charge in [-0.25, -0.2) is 0 Å². The van der Waals surface area contributed by atoms with Gasteiger partial charge in [-0.1, -0.05) is 11.6 Å². The van der Waals surface area contributed by atoms with Crippen molar-refractivity contribution in [3.05, 3.63) is 52.8 Å². The number of halogens is 1. The normalized spacial score (nSPS) is 16.0. The summed E-state index contributed by atoms with van der Waals surface area (Å²) in [5, 5.41) is 4.17. The van der Waals surface area contributed by atoms with Crippen LogP contribution in [0.3, 0.4) is 0 Å². The molecule has 1 aliphatic carbocycles. The second kappa shape index (κ2) is 6.12. The number of rotatable bonds is 6. The minimum Gasteiger partial charge on any atom is -0.496 e.